The first-order valence-electron chi connectivity index (χ1n) is 8.34. The summed E-state index contributed by atoms with van der Waals surface area (Å²) in [6.07, 6.45) is 5.85. The van der Waals surface area contributed by atoms with Crippen molar-refractivity contribution in [2.75, 3.05) is 13.7 Å². The molecule has 2 aliphatic rings. The summed E-state index contributed by atoms with van der Waals surface area (Å²) in [5, 5.41) is 7.02. The minimum Gasteiger partial charge on any atom is -0.481 e. The predicted octanol–water partition coefficient (Wildman–Crippen LogP) is 1.46. The van der Waals surface area contributed by atoms with Crippen molar-refractivity contribution in [1.82, 2.24) is 25.1 Å². The minimum absolute atomic E-state index is 0.0670. The Morgan fingerprint density at radius 3 is 2.92 bits per heavy atom. The van der Waals surface area contributed by atoms with Crippen LogP contribution in [0, 0.1) is 5.92 Å². The maximum atomic E-state index is 12.9. The molecule has 130 valence electrons. The van der Waals surface area contributed by atoms with Crippen LogP contribution in [0.2, 0.25) is 0 Å². The summed E-state index contributed by atoms with van der Waals surface area (Å²) in [6.45, 7) is 0.609. The van der Waals surface area contributed by atoms with E-state index in [1.807, 2.05) is 4.90 Å². The number of aromatic nitrogens is 4. The Morgan fingerprint density at radius 2 is 2.20 bits per heavy atom. The molecular formula is C17H19N5O3. The largest absolute Gasteiger partial charge is 0.481 e. The van der Waals surface area contributed by atoms with E-state index in [0.29, 0.717) is 29.5 Å². The van der Waals surface area contributed by atoms with E-state index in [9.17, 15) is 9.59 Å². The van der Waals surface area contributed by atoms with E-state index in [1.165, 1.54) is 13.4 Å². The van der Waals surface area contributed by atoms with Crippen LogP contribution in [0.25, 0.3) is 11.4 Å². The van der Waals surface area contributed by atoms with Crippen molar-refractivity contribution in [3.05, 3.63) is 24.2 Å². The minimum atomic E-state index is -0.135. The molecule has 8 heteroatoms. The number of amides is 1. The number of H-pyrrole nitrogens is 1. The Balaban J connectivity index is 1.56. The van der Waals surface area contributed by atoms with E-state index in [0.717, 1.165) is 32.0 Å². The average molecular weight is 341 g/mol. The highest BCUT2D eigenvalue weighted by molar-refractivity contribution is 5.94. The molecule has 1 amide bonds. The molecule has 4 rings (SSSR count). The molecule has 1 unspecified atom stereocenters. The summed E-state index contributed by atoms with van der Waals surface area (Å²) in [5.41, 5.74) is 1.45. The van der Waals surface area contributed by atoms with Gasteiger partial charge in [-0.15, -0.1) is 0 Å². The SMILES string of the molecule is COc1cc(-c2cc(C(=O)N3CCC(C=O)CC34CC4)[nH]n2)ncn1. The van der Waals surface area contributed by atoms with E-state index in [2.05, 4.69) is 20.2 Å². The van der Waals surface area contributed by atoms with Gasteiger partial charge in [0.1, 0.15) is 24.0 Å². The lowest BCUT2D eigenvalue weighted by molar-refractivity contribution is -0.113. The number of aldehydes is 1. The van der Waals surface area contributed by atoms with E-state index in [1.54, 1.807) is 12.1 Å². The van der Waals surface area contributed by atoms with Crippen LogP contribution in [0.15, 0.2) is 18.5 Å². The number of carbonyl (C=O) groups excluding carboxylic acids is 2. The Labute approximate surface area is 144 Å². The third-order valence-electron chi connectivity index (χ3n) is 5.12. The zero-order chi connectivity index (χ0) is 17.4. The fraction of sp³-hybridized carbons (Fsp3) is 0.471. The van der Waals surface area contributed by atoms with Crippen molar-refractivity contribution in [2.45, 2.75) is 31.2 Å². The lowest BCUT2D eigenvalue weighted by Gasteiger charge is -2.38. The smallest absolute Gasteiger partial charge is 0.272 e. The van der Waals surface area contributed by atoms with Crippen LogP contribution in [0.5, 0.6) is 5.88 Å². The zero-order valence-corrected chi connectivity index (χ0v) is 13.9. The molecule has 2 fully saturated rings. The third kappa shape index (κ3) is 2.77. The maximum absolute atomic E-state index is 12.9. The molecule has 0 radical (unpaired) electrons. The fourth-order valence-electron chi connectivity index (χ4n) is 3.58. The number of aromatic amines is 1. The highest BCUT2D eigenvalue weighted by Crippen LogP contribution is 2.50. The Kier molecular flexibility index (Phi) is 3.74. The van der Waals surface area contributed by atoms with Gasteiger partial charge in [0.25, 0.3) is 5.91 Å². The van der Waals surface area contributed by atoms with Crippen molar-refractivity contribution >= 4 is 12.2 Å². The highest BCUT2D eigenvalue weighted by atomic mass is 16.5. The number of nitrogens with zero attached hydrogens (tertiary/aromatic N) is 4. The molecule has 1 saturated carbocycles. The monoisotopic (exact) mass is 341 g/mol. The molecule has 1 atom stereocenters. The van der Waals surface area contributed by atoms with Crippen LogP contribution in [-0.4, -0.2) is 56.5 Å². The number of carbonyl (C=O) groups is 2. The molecular weight excluding hydrogens is 322 g/mol. The summed E-state index contributed by atoms with van der Waals surface area (Å²) < 4.78 is 5.09. The molecule has 1 aliphatic heterocycles. The van der Waals surface area contributed by atoms with Crippen LogP contribution >= 0.6 is 0 Å². The van der Waals surface area contributed by atoms with Gasteiger partial charge in [0.05, 0.1) is 12.8 Å². The number of rotatable bonds is 4. The number of hydrogen-bond acceptors (Lipinski definition) is 6. The highest BCUT2D eigenvalue weighted by Gasteiger charge is 2.53. The maximum Gasteiger partial charge on any atom is 0.272 e. The topological polar surface area (TPSA) is 101 Å². The molecule has 2 aromatic rings. The van der Waals surface area contributed by atoms with Crippen LogP contribution in [0.1, 0.15) is 36.2 Å². The van der Waals surface area contributed by atoms with Gasteiger partial charge in [0, 0.05) is 24.1 Å². The van der Waals surface area contributed by atoms with Gasteiger partial charge >= 0.3 is 0 Å². The molecule has 1 N–H and O–H groups in total. The standard InChI is InChI=1S/C17H19N5O3/c1-25-15-7-12(18-10-19-15)13-6-14(21-20-13)16(24)22-5-2-11(9-23)8-17(22)3-4-17/h6-7,9-11H,2-5,8H2,1H3,(H,20,21). The number of likely N-dealkylation sites (tertiary alicyclic amines) is 1. The van der Waals surface area contributed by atoms with Crippen molar-refractivity contribution in [1.29, 1.82) is 0 Å². The molecule has 8 nitrogen and oxygen atoms in total. The van der Waals surface area contributed by atoms with Gasteiger partial charge < -0.3 is 14.4 Å². The molecule has 2 aromatic heterocycles. The fourth-order valence-corrected chi connectivity index (χ4v) is 3.58. The second kappa shape index (κ2) is 5.94. The normalized spacial score (nSPS) is 21.2. The van der Waals surface area contributed by atoms with Crippen LogP contribution < -0.4 is 4.74 Å². The van der Waals surface area contributed by atoms with Crippen LogP contribution in [-0.2, 0) is 4.79 Å². The molecule has 0 aromatic carbocycles. The Morgan fingerprint density at radius 1 is 1.36 bits per heavy atom. The van der Waals surface area contributed by atoms with Crippen molar-refractivity contribution in [2.24, 2.45) is 5.92 Å². The van der Waals surface area contributed by atoms with Gasteiger partial charge in [-0.2, -0.15) is 5.10 Å². The van der Waals surface area contributed by atoms with Gasteiger partial charge in [-0.3, -0.25) is 9.89 Å². The van der Waals surface area contributed by atoms with E-state index in [4.69, 9.17) is 4.74 Å². The molecule has 3 heterocycles. The molecule has 0 bridgehead atoms. The van der Waals surface area contributed by atoms with Gasteiger partial charge in [0.15, 0.2) is 0 Å². The van der Waals surface area contributed by atoms with Gasteiger partial charge in [-0.25, -0.2) is 9.97 Å². The molecule has 1 spiro atoms. The lowest BCUT2D eigenvalue weighted by Crippen LogP contribution is -2.48. The third-order valence-corrected chi connectivity index (χ3v) is 5.12. The molecule has 1 aliphatic carbocycles. The summed E-state index contributed by atoms with van der Waals surface area (Å²) in [6, 6.07) is 3.37. The van der Waals surface area contributed by atoms with Crippen LogP contribution in [0.3, 0.4) is 0 Å². The van der Waals surface area contributed by atoms with Gasteiger partial charge in [-0.1, -0.05) is 0 Å². The first kappa shape index (κ1) is 15.7. The predicted molar refractivity (Wildman–Crippen MR) is 88.0 cm³/mol. The van der Waals surface area contributed by atoms with Gasteiger partial charge in [0.2, 0.25) is 5.88 Å². The number of ether oxygens (including phenoxy) is 1. The number of piperidine rings is 1. The molecule has 1 saturated heterocycles. The van der Waals surface area contributed by atoms with Crippen LogP contribution in [0.4, 0.5) is 0 Å². The Hall–Kier alpha value is -2.77. The zero-order valence-electron chi connectivity index (χ0n) is 13.9. The first-order chi connectivity index (χ1) is 12.1. The summed E-state index contributed by atoms with van der Waals surface area (Å²) >= 11 is 0. The summed E-state index contributed by atoms with van der Waals surface area (Å²) in [5.74, 6) is 0.438. The van der Waals surface area contributed by atoms with Crippen molar-refractivity contribution in [3.8, 4) is 17.3 Å². The Bertz CT molecular complexity index is 814. The quantitative estimate of drug-likeness (QED) is 0.845. The summed E-state index contributed by atoms with van der Waals surface area (Å²) in [7, 11) is 1.53. The van der Waals surface area contributed by atoms with E-state index >= 15 is 0 Å². The van der Waals surface area contributed by atoms with E-state index < -0.39 is 0 Å². The molecule has 25 heavy (non-hydrogen) atoms. The number of hydrogen-bond donors (Lipinski definition) is 1. The van der Waals surface area contributed by atoms with Crippen molar-refractivity contribution in [3.63, 3.8) is 0 Å². The second-order valence-corrected chi connectivity index (χ2v) is 6.68. The van der Waals surface area contributed by atoms with E-state index in [-0.39, 0.29) is 17.4 Å². The first-order valence-corrected chi connectivity index (χ1v) is 8.34. The number of nitrogens with one attached hydrogen (secondary N) is 1. The second-order valence-electron chi connectivity index (χ2n) is 6.68. The lowest BCUT2D eigenvalue weighted by atomic mass is 9.90. The average Bonchev–Trinajstić information content (AvgIpc) is 3.23. The number of methoxy groups -OCH3 is 1. The van der Waals surface area contributed by atoms with Crippen molar-refractivity contribution < 1.29 is 14.3 Å². The summed E-state index contributed by atoms with van der Waals surface area (Å²) in [4.78, 5) is 34.1. The van der Waals surface area contributed by atoms with Gasteiger partial charge in [-0.05, 0) is 31.7 Å².